The van der Waals surface area contributed by atoms with Crippen molar-refractivity contribution in [1.82, 2.24) is 5.32 Å². The van der Waals surface area contributed by atoms with Crippen LogP contribution in [-0.2, 0) is 21.2 Å². The molecule has 0 spiro atoms. The molecule has 4 nitrogen and oxygen atoms in total. The molecule has 0 fully saturated rings. The molecule has 2 aromatic rings. The lowest BCUT2D eigenvalue weighted by Crippen LogP contribution is -2.25. The summed E-state index contributed by atoms with van der Waals surface area (Å²) in [5, 5.41) is 3.16. The van der Waals surface area contributed by atoms with Gasteiger partial charge in [-0.2, -0.15) is 0 Å². The molecule has 7 heteroatoms. The lowest BCUT2D eigenvalue weighted by molar-refractivity contribution is -0.120. The van der Waals surface area contributed by atoms with E-state index in [4.69, 9.17) is 11.6 Å². The molecule has 0 aliphatic rings. The normalized spacial score (nSPS) is 11.2. The second kappa shape index (κ2) is 7.57. The lowest BCUT2D eigenvalue weighted by atomic mass is 10.2. The van der Waals surface area contributed by atoms with Gasteiger partial charge in [0.05, 0.1) is 10.6 Å². The molecule has 1 N–H and O–H groups in total. The van der Waals surface area contributed by atoms with Crippen molar-refractivity contribution in [2.45, 2.75) is 17.9 Å². The summed E-state index contributed by atoms with van der Waals surface area (Å²) in [6.07, 6.45) is -0.176. The van der Waals surface area contributed by atoms with Gasteiger partial charge in [-0.3, -0.25) is 4.79 Å². The molecule has 0 saturated carbocycles. The Morgan fingerprint density at radius 1 is 1.09 bits per heavy atom. The van der Waals surface area contributed by atoms with Crippen LogP contribution >= 0.6 is 11.6 Å². The molecule has 0 saturated heterocycles. The Hall–Kier alpha value is -1.92. The van der Waals surface area contributed by atoms with E-state index in [1.165, 1.54) is 12.1 Å². The summed E-state index contributed by atoms with van der Waals surface area (Å²) >= 11 is 5.97. The maximum Gasteiger partial charge on any atom is 0.221 e. The number of nitrogens with one attached hydrogen (secondary N) is 1. The Kier molecular flexibility index (Phi) is 5.74. The molecular weight excluding hydrogens is 341 g/mol. The third-order valence-electron chi connectivity index (χ3n) is 3.20. The second-order valence-electron chi connectivity index (χ2n) is 4.89. The predicted molar refractivity (Wildman–Crippen MR) is 86.4 cm³/mol. The van der Waals surface area contributed by atoms with Crippen LogP contribution in [0.1, 0.15) is 12.0 Å². The van der Waals surface area contributed by atoms with E-state index in [9.17, 15) is 17.6 Å². The van der Waals surface area contributed by atoms with Gasteiger partial charge in [0.1, 0.15) is 5.82 Å². The van der Waals surface area contributed by atoms with Gasteiger partial charge in [-0.25, -0.2) is 12.8 Å². The maximum atomic E-state index is 12.8. The molecule has 2 rings (SSSR count). The molecular formula is C16H15ClFNO3S. The minimum atomic E-state index is -3.62. The Labute approximate surface area is 139 Å². The van der Waals surface area contributed by atoms with E-state index in [0.29, 0.717) is 5.02 Å². The number of sulfone groups is 1. The van der Waals surface area contributed by atoms with Crippen LogP contribution in [0.3, 0.4) is 0 Å². The Bertz CT molecular complexity index is 791. The zero-order chi connectivity index (χ0) is 16.9. The van der Waals surface area contributed by atoms with E-state index in [-0.39, 0.29) is 23.6 Å². The second-order valence-corrected chi connectivity index (χ2v) is 7.41. The molecule has 0 aromatic heterocycles. The highest BCUT2D eigenvalue weighted by Gasteiger charge is 2.16. The van der Waals surface area contributed by atoms with Gasteiger partial charge in [0, 0.05) is 18.0 Å². The molecule has 23 heavy (non-hydrogen) atoms. The van der Waals surface area contributed by atoms with Gasteiger partial charge in [-0.05, 0) is 35.9 Å². The molecule has 2 aromatic carbocycles. The number of amides is 1. The van der Waals surface area contributed by atoms with Crippen LogP contribution in [0.15, 0.2) is 53.4 Å². The minimum Gasteiger partial charge on any atom is -0.352 e. The zero-order valence-corrected chi connectivity index (χ0v) is 13.7. The van der Waals surface area contributed by atoms with Crippen LogP contribution in [0, 0.1) is 5.82 Å². The van der Waals surface area contributed by atoms with Crippen molar-refractivity contribution in [3.8, 4) is 0 Å². The van der Waals surface area contributed by atoms with E-state index in [1.54, 1.807) is 24.3 Å². The van der Waals surface area contributed by atoms with Crippen LogP contribution < -0.4 is 5.32 Å². The molecule has 1 amide bonds. The number of carbonyl (C=O) groups is 1. The highest BCUT2D eigenvalue weighted by molar-refractivity contribution is 7.91. The van der Waals surface area contributed by atoms with Crippen LogP contribution in [0.5, 0.6) is 0 Å². The standard InChI is InChI=1S/C16H15ClFNO3S/c17-15-4-2-1-3-12(15)11-19-16(20)9-10-23(21,22)14-7-5-13(18)6-8-14/h1-8H,9-11H2,(H,19,20). The fourth-order valence-electron chi connectivity index (χ4n) is 1.91. The number of benzene rings is 2. The van der Waals surface area contributed by atoms with Gasteiger partial charge in [0.2, 0.25) is 5.91 Å². The van der Waals surface area contributed by atoms with Crippen molar-refractivity contribution < 1.29 is 17.6 Å². The van der Waals surface area contributed by atoms with Gasteiger partial charge in [-0.15, -0.1) is 0 Å². The highest BCUT2D eigenvalue weighted by atomic mass is 35.5. The quantitative estimate of drug-likeness (QED) is 0.810. The first kappa shape index (κ1) is 17.4. The monoisotopic (exact) mass is 355 g/mol. The summed E-state index contributed by atoms with van der Waals surface area (Å²) in [4.78, 5) is 11.8. The number of rotatable bonds is 6. The third kappa shape index (κ3) is 5.04. The van der Waals surface area contributed by atoms with Gasteiger partial charge in [-0.1, -0.05) is 29.8 Å². The Morgan fingerprint density at radius 2 is 1.74 bits per heavy atom. The van der Waals surface area contributed by atoms with Gasteiger partial charge < -0.3 is 5.32 Å². The number of hydrogen-bond donors (Lipinski definition) is 1. The lowest BCUT2D eigenvalue weighted by Gasteiger charge is -2.07. The van der Waals surface area contributed by atoms with E-state index in [0.717, 1.165) is 17.7 Å². The first-order valence-corrected chi connectivity index (χ1v) is 8.90. The summed E-state index contributed by atoms with van der Waals surface area (Å²) in [6.45, 7) is 0.231. The van der Waals surface area contributed by atoms with Crippen LogP contribution in [-0.4, -0.2) is 20.1 Å². The molecule has 0 heterocycles. The summed E-state index contributed by atoms with van der Waals surface area (Å²) < 4.78 is 36.9. The summed E-state index contributed by atoms with van der Waals surface area (Å²) in [7, 11) is -3.62. The molecule has 0 aliphatic heterocycles. The smallest absolute Gasteiger partial charge is 0.221 e. The van der Waals surface area contributed by atoms with Crippen molar-refractivity contribution >= 4 is 27.3 Å². The minimum absolute atomic E-state index is 0.00203. The van der Waals surface area contributed by atoms with Crippen molar-refractivity contribution in [3.63, 3.8) is 0 Å². The number of halogens is 2. The van der Waals surface area contributed by atoms with Crippen LogP contribution in [0.25, 0.3) is 0 Å². The third-order valence-corrected chi connectivity index (χ3v) is 5.31. The van der Waals surface area contributed by atoms with E-state index in [2.05, 4.69) is 5.32 Å². The van der Waals surface area contributed by atoms with E-state index in [1.807, 2.05) is 0 Å². The average Bonchev–Trinajstić information content (AvgIpc) is 2.53. The van der Waals surface area contributed by atoms with Gasteiger partial charge >= 0.3 is 0 Å². The summed E-state index contributed by atoms with van der Waals surface area (Å²) in [6, 6.07) is 11.6. The van der Waals surface area contributed by atoms with E-state index >= 15 is 0 Å². The first-order valence-electron chi connectivity index (χ1n) is 6.87. The first-order chi connectivity index (χ1) is 10.9. The summed E-state index contributed by atoms with van der Waals surface area (Å²) in [5.74, 6) is -1.25. The fraction of sp³-hybridized carbons (Fsp3) is 0.188. The molecule has 0 bridgehead atoms. The SMILES string of the molecule is O=C(CCS(=O)(=O)c1ccc(F)cc1)NCc1ccccc1Cl. The molecule has 122 valence electrons. The predicted octanol–water partition coefficient (Wildman–Crippen LogP) is 2.96. The maximum absolute atomic E-state index is 12.8. The highest BCUT2D eigenvalue weighted by Crippen LogP contribution is 2.15. The van der Waals surface area contributed by atoms with Crippen molar-refractivity contribution in [1.29, 1.82) is 0 Å². The number of hydrogen-bond acceptors (Lipinski definition) is 3. The number of carbonyl (C=O) groups excluding carboxylic acids is 1. The Morgan fingerprint density at radius 3 is 2.39 bits per heavy atom. The molecule has 0 atom stereocenters. The zero-order valence-electron chi connectivity index (χ0n) is 12.1. The summed E-state index contributed by atoms with van der Waals surface area (Å²) in [5.41, 5.74) is 0.754. The van der Waals surface area contributed by atoms with Crippen molar-refractivity contribution in [3.05, 3.63) is 64.9 Å². The average molecular weight is 356 g/mol. The molecule has 0 radical (unpaired) electrons. The van der Waals surface area contributed by atoms with Crippen molar-refractivity contribution in [2.24, 2.45) is 0 Å². The Balaban J connectivity index is 1.89. The van der Waals surface area contributed by atoms with Crippen LogP contribution in [0.4, 0.5) is 4.39 Å². The fourth-order valence-corrected chi connectivity index (χ4v) is 3.35. The molecule has 0 aliphatic carbocycles. The van der Waals surface area contributed by atoms with Gasteiger partial charge in [0.25, 0.3) is 0 Å². The van der Waals surface area contributed by atoms with E-state index < -0.39 is 21.6 Å². The van der Waals surface area contributed by atoms with Crippen molar-refractivity contribution in [2.75, 3.05) is 5.75 Å². The van der Waals surface area contributed by atoms with Gasteiger partial charge in [0.15, 0.2) is 9.84 Å². The van der Waals surface area contributed by atoms with Crippen LogP contribution in [0.2, 0.25) is 5.02 Å². The largest absolute Gasteiger partial charge is 0.352 e. The topological polar surface area (TPSA) is 63.2 Å². The molecule has 0 unspecified atom stereocenters.